The fourth-order valence-electron chi connectivity index (χ4n) is 3.20. The van der Waals surface area contributed by atoms with Gasteiger partial charge in [0.25, 0.3) is 5.91 Å². The van der Waals surface area contributed by atoms with Crippen molar-refractivity contribution >= 4 is 34.8 Å². The van der Waals surface area contributed by atoms with Crippen LogP contribution in [0, 0.1) is 0 Å². The second-order valence-corrected chi connectivity index (χ2v) is 8.14. The maximum atomic E-state index is 12.6. The van der Waals surface area contributed by atoms with Crippen molar-refractivity contribution in [2.75, 3.05) is 32.8 Å². The molecule has 3 aromatic carbocycles. The van der Waals surface area contributed by atoms with Gasteiger partial charge in [0.15, 0.2) is 5.82 Å². The van der Waals surface area contributed by atoms with Gasteiger partial charge in [0.1, 0.15) is 12.4 Å². The molecule has 0 saturated heterocycles. The Bertz CT molecular complexity index is 1310. The summed E-state index contributed by atoms with van der Waals surface area (Å²) in [7, 11) is 3.17. The van der Waals surface area contributed by atoms with E-state index >= 15 is 0 Å². The molecule has 1 amide bonds. The molecule has 0 spiro atoms. The van der Waals surface area contributed by atoms with Gasteiger partial charge in [-0.05, 0) is 66.7 Å². The van der Waals surface area contributed by atoms with Gasteiger partial charge in [-0.25, -0.2) is 4.68 Å². The fraction of sp³-hybridized carbons (Fsp3) is 0.160. The van der Waals surface area contributed by atoms with Gasteiger partial charge in [-0.15, -0.1) is 5.10 Å². The minimum atomic E-state index is -0.230. The summed E-state index contributed by atoms with van der Waals surface area (Å²) in [4.78, 5) is 17.1. The average Bonchev–Trinajstić information content (AvgIpc) is 3.30. The molecule has 0 radical (unpaired) electrons. The molecule has 0 aliphatic rings. The van der Waals surface area contributed by atoms with Crippen LogP contribution in [-0.4, -0.2) is 48.1 Å². The van der Waals surface area contributed by atoms with E-state index in [1.807, 2.05) is 12.1 Å². The highest BCUT2D eigenvalue weighted by atomic mass is 35.5. The molecule has 8 nitrogen and oxygen atoms in total. The first kappa shape index (κ1) is 24.5. The molecular weight excluding hydrogens is 491 g/mol. The minimum absolute atomic E-state index is 0.194. The van der Waals surface area contributed by atoms with Crippen molar-refractivity contribution in [1.29, 1.82) is 0 Å². The van der Waals surface area contributed by atoms with Gasteiger partial charge in [0.2, 0.25) is 0 Å². The molecule has 180 valence electrons. The number of carbonyl (C=O) groups excluding carboxylic acids is 1. The lowest BCUT2D eigenvalue weighted by Crippen LogP contribution is -2.11. The van der Waals surface area contributed by atoms with Crippen molar-refractivity contribution in [2.24, 2.45) is 0 Å². The lowest BCUT2D eigenvalue weighted by Gasteiger charge is -2.09. The first-order valence-corrected chi connectivity index (χ1v) is 11.3. The molecule has 0 bridgehead atoms. The van der Waals surface area contributed by atoms with Crippen molar-refractivity contribution in [3.05, 3.63) is 82.3 Å². The van der Waals surface area contributed by atoms with Gasteiger partial charge < -0.3 is 19.5 Å². The monoisotopic (exact) mass is 512 g/mol. The topological polar surface area (TPSA) is 87.5 Å². The molecule has 0 atom stereocenters. The number of amides is 1. The van der Waals surface area contributed by atoms with E-state index < -0.39 is 0 Å². The number of carbonyl (C=O) groups is 1. The lowest BCUT2D eigenvalue weighted by molar-refractivity contribution is 0.102. The quantitative estimate of drug-likeness (QED) is 0.297. The fourth-order valence-corrected chi connectivity index (χ4v) is 3.50. The van der Waals surface area contributed by atoms with Crippen LogP contribution >= 0.6 is 23.2 Å². The molecule has 35 heavy (non-hydrogen) atoms. The second-order valence-electron chi connectivity index (χ2n) is 7.33. The van der Waals surface area contributed by atoms with Crippen LogP contribution < -0.4 is 14.8 Å². The Balaban J connectivity index is 1.59. The highest BCUT2D eigenvalue weighted by molar-refractivity contribution is 6.42. The van der Waals surface area contributed by atoms with Crippen LogP contribution in [-0.2, 0) is 4.74 Å². The Hall–Kier alpha value is -3.59. The first-order chi connectivity index (χ1) is 17.0. The van der Waals surface area contributed by atoms with Crippen molar-refractivity contribution < 1.29 is 19.0 Å². The number of anilines is 1. The first-order valence-electron chi connectivity index (χ1n) is 10.6. The van der Waals surface area contributed by atoms with Crippen LogP contribution in [0.1, 0.15) is 10.4 Å². The maximum absolute atomic E-state index is 12.6. The van der Waals surface area contributed by atoms with Gasteiger partial charge in [-0.3, -0.25) is 4.79 Å². The summed E-state index contributed by atoms with van der Waals surface area (Å²) in [6.45, 7) is 0.705. The predicted octanol–water partition coefficient (Wildman–Crippen LogP) is 5.53. The third kappa shape index (κ3) is 5.92. The molecule has 1 N–H and O–H groups in total. The Labute approximate surface area is 212 Å². The predicted molar refractivity (Wildman–Crippen MR) is 135 cm³/mol. The zero-order valence-electron chi connectivity index (χ0n) is 19.0. The highest BCUT2D eigenvalue weighted by Gasteiger charge is 2.16. The Kier molecular flexibility index (Phi) is 7.87. The minimum Gasteiger partial charge on any atom is -0.497 e. The van der Waals surface area contributed by atoms with Crippen molar-refractivity contribution in [3.63, 3.8) is 0 Å². The van der Waals surface area contributed by atoms with Gasteiger partial charge in [0, 0.05) is 23.9 Å². The zero-order valence-corrected chi connectivity index (χ0v) is 20.5. The van der Waals surface area contributed by atoms with Crippen LogP contribution in [0.25, 0.3) is 17.1 Å². The normalized spacial score (nSPS) is 10.7. The SMILES string of the molecule is COCCOc1nc(-c2ccc(Cl)c(Cl)c2)n(-c2ccc(NC(=O)c3ccc(OC)cc3)cc2)n1. The van der Waals surface area contributed by atoms with Gasteiger partial charge in [-0.2, -0.15) is 4.98 Å². The number of hydrogen-bond acceptors (Lipinski definition) is 6. The number of hydrogen-bond donors (Lipinski definition) is 1. The number of aromatic nitrogens is 3. The van der Waals surface area contributed by atoms with Crippen molar-refractivity contribution in [2.45, 2.75) is 0 Å². The van der Waals surface area contributed by atoms with Gasteiger partial charge in [-0.1, -0.05) is 23.2 Å². The van der Waals surface area contributed by atoms with E-state index in [9.17, 15) is 4.79 Å². The Morgan fingerprint density at radius 3 is 2.34 bits per heavy atom. The maximum Gasteiger partial charge on any atom is 0.336 e. The summed E-state index contributed by atoms with van der Waals surface area (Å²) in [6.07, 6.45) is 0. The molecule has 0 aliphatic carbocycles. The number of benzene rings is 3. The molecular formula is C25H22Cl2N4O4. The third-order valence-electron chi connectivity index (χ3n) is 5.01. The van der Waals surface area contributed by atoms with Crippen LogP contribution in [0.3, 0.4) is 0 Å². The second kappa shape index (κ2) is 11.2. The number of nitrogens with zero attached hydrogens (tertiary/aromatic N) is 3. The third-order valence-corrected chi connectivity index (χ3v) is 5.75. The van der Waals surface area contributed by atoms with E-state index in [2.05, 4.69) is 15.4 Å². The van der Waals surface area contributed by atoms with Crippen LogP contribution in [0.4, 0.5) is 5.69 Å². The zero-order chi connectivity index (χ0) is 24.8. The number of methoxy groups -OCH3 is 2. The molecule has 10 heteroatoms. The smallest absolute Gasteiger partial charge is 0.336 e. The van der Waals surface area contributed by atoms with Crippen molar-refractivity contribution in [1.82, 2.24) is 14.8 Å². The molecule has 4 aromatic rings. The summed E-state index contributed by atoms with van der Waals surface area (Å²) >= 11 is 12.3. The van der Waals surface area contributed by atoms with Crippen LogP contribution in [0.15, 0.2) is 66.7 Å². The number of halogens is 2. The summed E-state index contributed by atoms with van der Waals surface area (Å²) in [6, 6.07) is 19.5. The number of rotatable bonds is 9. The highest BCUT2D eigenvalue weighted by Crippen LogP contribution is 2.30. The summed E-state index contributed by atoms with van der Waals surface area (Å²) < 4.78 is 17.4. The lowest BCUT2D eigenvalue weighted by atomic mass is 10.2. The summed E-state index contributed by atoms with van der Waals surface area (Å²) in [5, 5.41) is 8.21. The number of ether oxygens (including phenoxy) is 3. The number of nitrogens with one attached hydrogen (secondary N) is 1. The molecule has 0 aliphatic heterocycles. The molecule has 0 fully saturated rings. The standard InChI is InChI=1S/C25H22Cl2N4O4/c1-33-13-14-35-25-29-23(17-5-12-21(26)22(27)15-17)31(30-25)19-8-6-18(7-9-19)28-24(32)16-3-10-20(34-2)11-4-16/h3-12,15H,13-14H2,1-2H3,(H,28,32). The van der Waals surface area contributed by atoms with E-state index in [4.69, 9.17) is 37.4 Å². The summed E-state index contributed by atoms with van der Waals surface area (Å²) in [5.41, 5.74) is 2.57. The molecule has 0 saturated carbocycles. The largest absolute Gasteiger partial charge is 0.497 e. The van der Waals surface area contributed by atoms with E-state index in [0.717, 1.165) is 0 Å². The Morgan fingerprint density at radius 2 is 1.69 bits per heavy atom. The summed E-state index contributed by atoms with van der Waals surface area (Å²) in [5.74, 6) is 0.972. The van der Waals surface area contributed by atoms with Crippen LogP contribution in [0.5, 0.6) is 11.8 Å². The molecule has 0 unspecified atom stereocenters. The molecule has 1 aromatic heterocycles. The van der Waals surface area contributed by atoms with E-state index in [0.29, 0.717) is 57.3 Å². The van der Waals surface area contributed by atoms with Gasteiger partial charge >= 0.3 is 6.01 Å². The van der Waals surface area contributed by atoms with E-state index in [1.165, 1.54) is 0 Å². The van der Waals surface area contributed by atoms with Crippen molar-refractivity contribution in [3.8, 4) is 28.8 Å². The van der Waals surface area contributed by atoms with E-state index in [1.54, 1.807) is 73.5 Å². The van der Waals surface area contributed by atoms with E-state index in [-0.39, 0.29) is 11.9 Å². The van der Waals surface area contributed by atoms with Crippen LogP contribution in [0.2, 0.25) is 10.0 Å². The Morgan fingerprint density at radius 1 is 0.943 bits per heavy atom. The average molecular weight is 513 g/mol. The molecule has 4 rings (SSSR count). The van der Waals surface area contributed by atoms with Gasteiger partial charge in [0.05, 0.1) is 29.4 Å². The molecule has 1 heterocycles.